The predicted molar refractivity (Wildman–Crippen MR) is 51.9 cm³/mol. The van der Waals surface area contributed by atoms with Crippen molar-refractivity contribution in [2.24, 2.45) is 0 Å². The van der Waals surface area contributed by atoms with E-state index < -0.39 is 11.9 Å². The van der Waals surface area contributed by atoms with Crippen LogP contribution in [0.1, 0.15) is 29.8 Å². The molecule has 0 aliphatic carbocycles. The van der Waals surface area contributed by atoms with Crippen LogP contribution in [0.2, 0.25) is 0 Å². The van der Waals surface area contributed by atoms with Gasteiger partial charge in [0.25, 0.3) is 0 Å². The van der Waals surface area contributed by atoms with Gasteiger partial charge in [-0.1, -0.05) is 25.1 Å². The Morgan fingerprint density at radius 3 is 2.50 bits per heavy atom. The molecule has 14 heavy (non-hydrogen) atoms. The van der Waals surface area contributed by atoms with Crippen molar-refractivity contribution in [2.45, 2.75) is 20.3 Å². The number of hydrogen-bond donors (Lipinski definition) is 0. The van der Waals surface area contributed by atoms with Crippen molar-refractivity contribution in [1.29, 1.82) is 0 Å². The summed E-state index contributed by atoms with van der Waals surface area (Å²) in [5, 5.41) is 0. The third kappa shape index (κ3) is 2.42. The predicted octanol–water partition coefficient (Wildman–Crippen LogP) is 1.95. The van der Waals surface area contributed by atoms with Gasteiger partial charge >= 0.3 is 11.9 Å². The highest BCUT2D eigenvalue weighted by Crippen LogP contribution is 2.10. The maximum absolute atomic E-state index is 11.4. The number of aryl methyl sites for hydroxylation is 1. The zero-order chi connectivity index (χ0) is 10.6. The molecular weight excluding hydrogens is 180 g/mol. The average molecular weight is 192 g/mol. The smallest absolute Gasteiger partial charge is 0.346 e. The summed E-state index contributed by atoms with van der Waals surface area (Å²) < 4.78 is 4.50. The van der Waals surface area contributed by atoms with Crippen LogP contribution in [-0.4, -0.2) is 11.9 Å². The summed E-state index contributed by atoms with van der Waals surface area (Å²) in [5.41, 5.74) is 1.35. The van der Waals surface area contributed by atoms with Crippen LogP contribution in [-0.2, 0) is 16.0 Å². The van der Waals surface area contributed by atoms with Gasteiger partial charge in [-0.2, -0.15) is 0 Å². The maximum Gasteiger partial charge on any atom is 0.346 e. The topological polar surface area (TPSA) is 43.4 Å². The molecule has 1 aromatic carbocycles. The number of rotatable bonds is 2. The number of carbonyl (C=O) groups is 2. The molecule has 1 rings (SSSR count). The van der Waals surface area contributed by atoms with Crippen LogP contribution >= 0.6 is 0 Å². The molecule has 0 atom stereocenters. The Labute approximate surface area is 82.7 Å². The van der Waals surface area contributed by atoms with Crippen molar-refractivity contribution in [3.05, 3.63) is 35.4 Å². The molecule has 3 nitrogen and oxygen atoms in total. The Balaban J connectivity index is 2.94. The molecule has 0 aliphatic heterocycles. The molecule has 0 aliphatic rings. The maximum atomic E-state index is 11.4. The van der Waals surface area contributed by atoms with Crippen molar-refractivity contribution in [1.82, 2.24) is 0 Å². The van der Waals surface area contributed by atoms with E-state index in [1.807, 2.05) is 19.1 Å². The van der Waals surface area contributed by atoms with Crippen molar-refractivity contribution in [2.75, 3.05) is 0 Å². The summed E-state index contributed by atoms with van der Waals surface area (Å²) in [4.78, 5) is 22.0. The summed E-state index contributed by atoms with van der Waals surface area (Å²) in [7, 11) is 0. The van der Waals surface area contributed by atoms with Gasteiger partial charge < -0.3 is 4.74 Å². The van der Waals surface area contributed by atoms with Gasteiger partial charge in [0.15, 0.2) is 0 Å². The number of hydrogen-bond acceptors (Lipinski definition) is 3. The van der Waals surface area contributed by atoms with E-state index in [2.05, 4.69) is 4.74 Å². The Morgan fingerprint density at radius 1 is 1.29 bits per heavy atom. The Bertz CT molecular complexity index is 355. The number of carbonyl (C=O) groups excluding carboxylic acids is 2. The van der Waals surface area contributed by atoms with E-state index in [4.69, 9.17) is 0 Å². The molecule has 3 heteroatoms. The molecule has 0 saturated heterocycles. The van der Waals surface area contributed by atoms with E-state index >= 15 is 0 Å². The SMILES string of the molecule is CCc1ccccc1C(=O)OC(C)=O. The number of benzene rings is 1. The highest BCUT2D eigenvalue weighted by Gasteiger charge is 2.12. The first kappa shape index (κ1) is 10.4. The second-order valence-corrected chi connectivity index (χ2v) is 2.89. The molecule has 0 N–H and O–H groups in total. The van der Waals surface area contributed by atoms with E-state index in [0.29, 0.717) is 5.56 Å². The van der Waals surface area contributed by atoms with E-state index in [0.717, 1.165) is 12.0 Å². The zero-order valence-corrected chi connectivity index (χ0v) is 8.24. The molecule has 0 unspecified atom stereocenters. The lowest BCUT2D eigenvalue weighted by Gasteiger charge is -2.04. The average Bonchev–Trinajstić information content (AvgIpc) is 2.16. The monoisotopic (exact) mass is 192 g/mol. The summed E-state index contributed by atoms with van der Waals surface area (Å²) in [6, 6.07) is 7.10. The zero-order valence-electron chi connectivity index (χ0n) is 8.24. The lowest BCUT2D eigenvalue weighted by Crippen LogP contribution is -2.11. The van der Waals surface area contributed by atoms with E-state index in [1.165, 1.54) is 6.92 Å². The van der Waals surface area contributed by atoms with Gasteiger partial charge in [-0.3, -0.25) is 4.79 Å². The van der Waals surface area contributed by atoms with Crippen LogP contribution in [0.25, 0.3) is 0 Å². The van der Waals surface area contributed by atoms with Crippen molar-refractivity contribution < 1.29 is 14.3 Å². The summed E-state index contributed by atoms with van der Waals surface area (Å²) in [5.74, 6) is -1.16. The van der Waals surface area contributed by atoms with Crippen molar-refractivity contribution in [3.8, 4) is 0 Å². The summed E-state index contributed by atoms with van der Waals surface area (Å²) in [6.07, 6.45) is 0.739. The molecule has 0 radical (unpaired) electrons. The van der Waals surface area contributed by atoms with Gasteiger partial charge in [0.2, 0.25) is 0 Å². The Morgan fingerprint density at radius 2 is 1.93 bits per heavy atom. The highest BCUT2D eigenvalue weighted by atomic mass is 16.6. The first-order valence-corrected chi connectivity index (χ1v) is 4.45. The van der Waals surface area contributed by atoms with E-state index in [1.54, 1.807) is 12.1 Å². The molecule has 0 aromatic heterocycles. The van der Waals surface area contributed by atoms with Crippen LogP contribution < -0.4 is 0 Å². The third-order valence-electron chi connectivity index (χ3n) is 1.85. The molecule has 74 valence electrons. The second-order valence-electron chi connectivity index (χ2n) is 2.89. The van der Waals surface area contributed by atoms with Crippen molar-refractivity contribution >= 4 is 11.9 Å². The van der Waals surface area contributed by atoms with Gasteiger partial charge in [0, 0.05) is 6.92 Å². The Kier molecular flexibility index (Phi) is 3.40. The van der Waals surface area contributed by atoms with Crippen molar-refractivity contribution in [3.63, 3.8) is 0 Å². The fourth-order valence-electron chi connectivity index (χ4n) is 1.21. The third-order valence-corrected chi connectivity index (χ3v) is 1.85. The number of ether oxygens (including phenoxy) is 1. The van der Waals surface area contributed by atoms with Gasteiger partial charge in [0.1, 0.15) is 0 Å². The van der Waals surface area contributed by atoms with Crippen LogP contribution in [0.5, 0.6) is 0 Å². The summed E-state index contributed by atoms with van der Waals surface area (Å²) in [6.45, 7) is 3.16. The molecule has 1 aromatic rings. The second kappa shape index (κ2) is 4.56. The normalized spacial score (nSPS) is 9.57. The van der Waals surface area contributed by atoms with Gasteiger partial charge in [-0.15, -0.1) is 0 Å². The largest absolute Gasteiger partial charge is 0.390 e. The molecule has 0 fully saturated rings. The molecule has 0 amide bonds. The quantitative estimate of drug-likeness (QED) is 0.531. The lowest BCUT2D eigenvalue weighted by molar-refractivity contribution is -0.135. The summed E-state index contributed by atoms with van der Waals surface area (Å²) >= 11 is 0. The van der Waals surface area contributed by atoms with E-state index in [-0.39, 0.29) is 0 Å². The van der Waals surface area contributed by atoms with Crippen LogP contribution in [0.3, 0.4) is 0 Å². The fraction of sp³-hybridized carbons (Fsp3) is 0.273. The first-order chi connectivity index (χ1) is 6.65. The van der Waals surface area contributed by atoms with Crippen LogP contribution in [0.4, 0.5) is 0 Å². The van der Waals surface area contributed by atoms with Gasteiger partial charge in [-0.05, 0) is 18.1 Å². The Hall–Kier alpha value is -1.64. The first-order valence-electron chi connectivity index (χ1n) is 4.45. The molecule has 0 saturated carbocycles. The minimum atomic E-state index is -0.582. The van der Waals surface area contributed by atoms with Crippen LogP contribution in [0, 0.1) is 0 Å². The van der Waals surface area contributed by atoms with Gasteiger partial charge in [-0.25, -0.2) is 4.79 Å². The fourth-order valence-corrected chi connectivity index (χ4v) is 1.21. The standard InChI is InChI=1S/C11H12O3/c1-3-9-6-4-5-7-10(9)11(13)14-8(2)12/h4-7H,3H2,1-2H3. The highest BCUT2D eigenvalue weighted by molar-refractivity contribution is 5.97. The van der Waals surface area contributed by atoms with E-state index in [9.17, 15) is 9.59 Å². The minimum absolute atomic E-state index is 0.463. The molecule has 0 bridgehead atoms. The number of esters is 2. The molecule has 0 spiro atoms. The van der Waals surface area contributed by atoms with Gasteiger partial charge in [0.05, 0.1) is 5.56 Å². The van der Waals surface area contributed by atoms with Crippen LogP contribution in [0.15, 0.2) is 24.3 Å². The lowest BCUT2D eigenvalue weighted by atomic mass is 10.1. The molecular formula is C11H12O3. The minimum Gasteiger partial charge on any atom is -0.390 e. The molecule has 0 heterocycles.